The third kappa shape index (κ3) is 4.33. The predicted molar refractivity (Wildman–Crippen MR) is 97.4 cm³/mol. The Hall–Kier alpha value is -2.75. The molecule has 3 aromatic rings. The van der Waals surface area contributed by atoms with Crippen LogP contribution < -0.4 is 10.1 Å². The van der Waals surface area contributed by atoms with Gasteiger partial charge in [0, 0.05) is 22.6 Å². The number of halogens is 2. The fraction of sp³-hybridized carbons (Fsp3) is 0.294. The molecule has 1 aromatic carbocycles. The minimum Gasteiger partial charge on any atom is -0.435 e. The molecule has 0 fully saturated rings. The molecule has 0 atom stereocenters. The summed E-state index contributed by atoms with van der Waals surface area (Å²) >= 11 is 1.42. The van der Waals surface area contributed by atoms with Crippen molar-refractivity contribution in [3.05, 3.63) is 41.2 Å². The monoisotopic (exact) mass is 393 g/mol. The van der Waals surface area contributed by atoms with Gasteiger partial charge < -0.3 is 10.1 Å². The maximum atomic E-state index is 12.4. The third-order valence-electron chi connectivity index (χ3n) is 3.91. The third-order valence-corrected chi connectivity index (χ3v) is 4.45. The zero-order chi connectivity index (χ0) is 19.6. The van der Waals surface area contributed by atoms with E-state index in [1.54, 1.807) is 4.52 Å². The van der Waals surface area contributed by atoms with E-state index in [4.69, 9.17) is 0 Å². The van der Waals surface area contributed by atoms with E-state index < -0.39 is 6.61 Å². The van der Waals surface area contributed by atoms with Crippen molar-refractivity contribution in [2.75, 3.05) is 11.6 Å². The van der Waals surface area contributed by atoms with Gasteiger partial charge in [-0.15, -0.1) is 5.10 Å². The molecular weight excluding hydrogens is 376 g/mol. The molecule has 0 unspecified atom stereocenters. The number of anilines is 1. The number of alkyl halides is 2. The van der Waals surface area contributed by atoms with Gasteiger partial charge in [-0.2, -0.15) is 13.8 Å². The van der Waals surface area contributed by atoms with Crippen LogP contribution >= 0.6 is 11.8 Å². The number of rotatable bonds is 6. The number of benzene rings is 1. The van der Waals surface area contributed by atoms with Gasteiger partial charge in [-0.05, 0) is 44.4 Å². The predicted octanol–water partition coefficient (Wildman–Crippen LogP) is 3.25. The van der Waals surface area contributed by atoms with Gasteiger partial charge in [-0.3, -0.25) is 4.79 Å². The summed E-state index contributed by atoms with van der Waals surface area (Å²) < 4.78 is 30.3. The van der Waals surface area contributed by atoms with E-state index in [9.17, 15) is 13.6 Å². The number of thioether (sulfide) groups is 1. The molecule has 27 heavy (non-hydrogen) atoms. The first-order chi connectivity index (χ1) is 12.9. The van der Waals surface area contributed by atoms with Crippen LogP contribution in [0.4, 0.5) is 14.5 Å². The number of hydrogen-bond acceptors (Lipinski definition) is 6. The van der Waals surface area contributed by atoms with Gasteiger partial charge >= 0.3 is 6.61 Å². The number of aryl methyl sites for hydroxylation is 2. The highest BCUT2D eigenvalue weighted by Crippen LogP contribution is 2.20. The summed E-state index contributed by atoms with van der Waals surface area (Å²) in [6.45, 7) is 0.793. The van der Waals surface area contributed by atoms with Gasteiger partial charge in [0.2, 0.25) is 11.1 Å². The quantitative estimate of drug-likeness (QED) is 0.648. The fourth-order valence-electron chi connectivity index (χ4n) is 2.62. The zero-order valence-corrected chi connectivity index (χ0v) is 15.7. The van der Waals surface area contributed by atoms with Crippen molar-refractivity contribution in [3.63, 3.8) is 0 Å². The number of amides is 1. The van der Waals surface area contributed by atoms with Crippen molar-refractivity contribution in [3.8, 4) is 5.75 Å². The number of fused-ring (bicyclic) bond motifs is 1. The summed E-state index contributed by atoms with van der Waals surface area (Å²) in [5.41, 5.74) is 2.74. The van der Waals surface area contributed by atoms with Crippen LogP contribution in [0.3, 0.4) is 0 Å². The minimum absolute atomic E-state index is 0.0279. The smallest absolute Gasteiger partial charge is 0.387 e. The number of hydrogen-bond donors (Lipinski definition) is 1. The average molecular weight is 393 g/mol. The fourth-order valence-corrected chi connectivity index (χ4v) is 2.95. The second kappa shape index (κ2) is 7.87. The van der Waals surface area contributed by atoms with E-state index in [0.717, 1.165) is 11.3 Å². The lowest BCUT2D eigenvalue weighted by atomic mass is 10.1. The van der Waals surface area contributed by atoms with Crippen molar-refractivity contribution < 1.29 is 18.3 Å². The summed E-state index contributed by atoms with van der Waals surface area (Å²) in [5.74, 6) is 0.267. The molecule has 0 radical (unpaired) electrons. The van der Waals surface area contributed by atoms with Gasteiger partial charge in [-0.25, -0.2) is 9.50 Å². The molecule has 0 aliphatic carbocycles. The first-order valence-corrected chi connectivity index (χ1v) is 9.21. The van der Waals surface area contributed by atoms with Gasteiger partial charge in [0.05, 0.1) is 6.42 Å². The van der Waals surface area contributed by atoms with Gasteiger partial charge in [0.25, 0.3) is 5.78 Å². The van der Waals surface area contributed by atoms with Crippen LogP contribution in [0.15, 0.2) is 29.4 Å². The first-order valence-electron chi connectivity index (χ1n) is 7.99. The van der Waals surface area contributed by atoms with Crippen LogP contribution in [0.25, 0.3) is 5.78 Å². The van der Waals surface area contributed by atoms with E-state index >= 15 is 0 Å². The molecule has 0 saturated carbocycles. The van der Waals surface area contributed by atoms with Crippen molar-refractivity contribution >= 4 is 29.1 Å². The number of nitrogens with zero attached hydrogens (tertiary/aromatic N) is 4. The van der Waals surface area contributed by atoms with Crippen molar-refractivity contribution in [1.82, 2.24) is 19.6 Å². The summed E-state index contributed by atoms with van der Waals surface area (Å²) in [6, 6.07) is 5.73. The standard InChI is InChI=1S/C17H17F2N5O2S/c1-9-13(10(2)24-16(20-9)22-17(23-24)27-3)8-14(25)21-11-4-6-12(7-5-11)26-15(18)19/h4-7,15H,8H2,1-3H3,(H,21,25). The van der Waals surface area contributed by atoms with E-state index in [2.05, 4.69) is 25.1 Å². The molecule has 0 aliphatic rings. The molecule has 1 N–H and O–H groups in total. The summed E-state index contributed by atoms with van der Waals surface area (Å²) in [7, 11) is 0. The normalized spacial score (nSPS) is 11.2. The van der Waals surface area contributed by atoms with Gasteiger partial charge in [-0.1, -0.05) is 11.8 Å². The van der Waals surface area contributed by atoms with Crippen LogP contribution in [0.5, 0.6) is 5.75 Å². The number of ether oxygens (including phenoxy) is 1. The molecule has 10 heteroatoms. The Morgan fingerprint density at radius 1 is 1.26 bits per heavy atom. The van der Waals surface area contributed by atoms with Crippen LogP contribution in [0.1, 0.15) is 17.0 Å². The SMILES string of the molecule is CSc1nc2nc(C)c(CC(=O)Nc3ccc(OC(F)F)cc3)c(C)n2n1. The lowest BCUT2D eigenvalue weighted by Crippen LogP contribution is -2.17. The number of aromatic nitrogens is 4. The van der Waals surface area contributed by atoms with E-state index in [0.29, 0.717) is 22.3 Å². The molecule has 0 spiro atoms. The highest BCUT2D eigenvalue weighted by Gasteiger charge is 2.16. The maximum Gasteiger partial charge on any atom is 0.387 e. The molecule has 7 nitrogen and oxygen atoms in total. The van der Waals surface area contributed by atoms with Crippen LogP contribution in [0, 0.1) is 13.8 Å². The summed E-state index contributed by atoms with van der Waals surface area (Å²) in [6.07, 6.45) is 1.98. The minimum atomic E-state index is -2.89. The lowest BCUT2D eigenvalue weighted by molar-refractivity contribution is -0.115. The van der Waals surface area contributed by atoms with Crippen molar-refractivity contribution in [1.29, 1.82) is 0 Å². The Labute approximate surface area is 158 Å². The summed E-state index contributed by atoms with van der Waals surface area (Å²) in [4.78, 5) is 21.1. The molecule has 2 aromatic heterocycles. The Kier molecular flexibility index (Phi) is 5.54. The largest absolute Gasteiger partial charge is 0.435 e. The van der Waals surface area contributed by atoms with E-state index in [1.807, 2.05) is 20.1 Å². The number of nitrogens with one attached hydrogen (secondary N) is 1. The van der Waals surface area contributed by atoms with Crippen LogP contribution in [-0.4, -0.2) is 38.4 Å². The highest BCUT2D eigenvalue weighted by atomic mass is 32.2. The van der Waals surface area contributed by atoms with Crippen molar-refractivity contribution in [2.24, 2.45) is 0 Å². The van der Waals surface area contributed by atoms with Crippen molar-refractivity contribution in [2.45, 2.75) is 32.0 Å². The van der Waals surface area contributed by atoms with Gasteiger partial charge in [0.15, 0.2) is 0 Å². The van der Waals surface area contributed by atoms with Gasteiger partial charge in [0.1, 0.15) is 5.75 Å². The molecule has 0 saturated heterocycles. The summed E-state index contributed by atoms with van der Waals surface area (Å²) in [5, 5.41) is 7.70. The topological polar surface area (TPSA) is 81.4 Å². The Bertz CT molecular complexity index is 976. The molecule has 0 bridgehead atoms. The van der Waals surface area contributed by atoms with Crippen LogP contribution in [-0.2, 0) is 11.2 Å². The van der Waals surface area contributed by atoms with Crippen LogP contribution in [0.2, 0.25) is 0 Å². The molecule has 142 valence electrons. The molecule has 3 rings (SSSR count). The Morgan fingerprint density at radius 2 is 1.96 bits per heavy atom. The lowest BCUT2D eigenvalue weighted by Gasteiger charge is -2.11. The molecule has 2 heterocycles. The highest BCUT2D eigenvalue weighted by molar-refractivity contribution is 7.98. The zero-order valence-electron chi connectivity index (χ0n) is 14.9. The van der Waals surface area contributed by atoms with E-state index in [1.165, 1.54) is 36.0 Å². The number of carbonyl (C=O) groups excluding carboxylic acids is 1. The second-order valence-electron chi connectivity index (χ2n) is 5.70. The molecular formula is C17H17F2N5O2S. The molecule has 0 aliphatic heterocycles. The second-order valence-corrected chi connectivity index (χ2v) is 6.47. The number of carbonyl (C=O) groups is 1. The average Bonchev–Trinajstić information content (AvgIpc) is 3.03. The maximum absolute atomic E-state index is 12.4. The Balaban J connectivity index is 1.75. The van der Waals surface area contributed by atoms with E-state index in [-0.39, 0.29) is 18.1 Å². The Morgan fingerprint density at radius 3 is 2.59 bits per heavy atom. The first kappa shape index (κ1) is 19.0. The molecule has 1 amide bonds.